The lowest BCUT2D eigenvalue weighted by Crippen LogP contribution is -2.50. The number of likely N-dealkylation sites (N-methyl/N-ethyl adjacent to an activating group) is 1. The van der Waals surface area contributed by atoms with Gasteiger partial charge in [-0.1, -0.05) is 25.1 Å². The Morgan fingerprint density at radius 3 is 2.24 bits per heavy atom. The van der Waals surface area contributed by atoms with Crippen molar-refractivity contribution < 1.29 is 13.2 Å². The standard InChI is InChI=1S/C23H28N2O3S/c1-4-24-16(3)15-25(23(26)18-6-7-18)22-14-19(10-13-21(22)24)17-8-11-20(12-9-17)29(27,28)5-2/h8-14,16,18H,4-7,15H2,1-3H3. The van der Waals surface area contributed by atoms with Crippen LogP contribution in [0.2, 0.25) is 0 Å². The number of carbonyl (C=O) groups excluding carboxylic acids is 1. The van der Waals surface area contributed by atoms with Crippen molar-refractivity contribution in [2.45, 2.75) is 44.6 Å². The molecule has 0 saturated heterocycles. The molecule has 1 fully saturated rings. The maximum absolute atomic E-state index is 12.9. The molecule has 1 aliphatic carbocycles. The summed E-state index contributed by atoms with van der Waals surface area (Å²) in [6, 6.07) is 13.5. The predicted molar refractivity (Wildman–Crippen MR) is 117 cm³/mol. The van der Waals surface area contributed by atoms with Gasteiger partial charge in [-0.15, -0.1) is 0 Å². The lowest BCUT2D eigenvalue weighted by atomic mass is 10.0. The van der Waals surface area contributed by atoms with Crippen molar-refractivity contribution in [3.63, 3.8) is 0 Å². The van der Waals surface area contributed by atoms with Gasteiger partial charge in [-0.2, -0.15) is 0 Å². The Morgan fingerprint density at radius 1 is 1.00 bits per heavy atom. The molecule has 0 bridgehead atoms. The second-order valence-electron chi connectivity index (χ2n) is 7.99. The Morgan fingerprint density at radius 2 is 1.66 bits per heavy atom. The van der Waals surface area contributed by atoms with Gasteiger partial charge in [0.25, 0.3) is 0 Å². The van der Waals surface area contributed by atoms with E-state index in [0.29, 0.717) is 11.4 Å². The molecule has 2 aliphatic rings. The molecule has 1 aliphatic heterocycles. The van der Waals surface area contributed by atoms with Gasteiger partial charge in [0, 0.05) is 25.0 Å². The number of rotatable bonds is 5. The summed E-state index contributed by atoms with van der Waals surface area (Å²) in [5.74, 6) is 0.495. The molecule has 1 atom stereocenters. The summed E-state index contributed by atoms with van der Waals surface area (Å²) < 4.78 is 24.2. The predicted octanol–water partition coefficient (Wildman–Crippen LogP) is 4.12. The largest absolute Gasteiger partial charge is 0.366 e. The summed E-state index contributed by atoms with van der Waals surface area (Å²) >= 11 is 0. The van der Waals surface area contributed by atoms with E-state index in [1.165, 1.54) is 0 Å². The highest BCUT2D eigenvalue weighted by Crippen LogP contribution is 2.41. The van der Waals surface area contributed by atoms with Crippen LogP contribution in [0.4, 0.5) is 11.4 Å². The zero-order valence-electron chi connectivity index (χ0n) is 17.3. The molecular formula is C23H28N2O3S. The zero-order chi connectivity index (χ0) is 20.8. The molecule has 0 radical (unpaired) electrons. The van der Waals surface area contributed by atoms with Crippen LogP contribution in [-0.4, -0.2) is 39.2 Å². The van der Waals surface area contributed by atoms with Crippen LogP contribution in [-0.2, 0) is 14.6 Å². The van der Waals surface area contributed by atoms with E-state index in [2.05, 4.69) is 36.9 Å². The molecule has 154 valence electrons. The van der Waals surface area contributed by atoms with Gasteiger partial charge < -0.3 is 9.80 Å². The fourth-order valence-electron chi connectivity index (χ4n) is 4.12. The molecule has 5 nitrogen and oxygen atoms in total. The molecule has 29 heavy (non-hydrogen) atoms. The molecule has 1 heterocycles. The summed E-state index contributed by atoms with van der Waals surface area (Å²) in [6.45, 7) is 7.55. The van der Waals surface area contributed by atoms with E-state index in [4.69, 9.17) is 0 Å². The molecule has 1 amide bonds. The first-order chi connectivity index (χ1) is 13.9. The zero-order valence-corrected chi connectivity index (χ0v) is 18.1. The summed E-state index contributed by atoms with van der Waals surface area (Å²) in [4.78, 5) is 17.6. The van der Waals surface area contributed by atoms with E-state index in [9.17, 15) is 13.2 Å². The lowest BCUT2D eigenvalue weighted by Gasteiger charge is -2.42. The van der Waals surface area contributed by atoms with Crippen LogP contribution in [0.25, 0.3) is 11.1 Å². The van der Waals surface area contributed by atoms with Crippen LogP contribution in [0.1, 0.15) is 33.6 Å². The Labute approximate surface area is 173 Å². The number of amides is 1. The van der Waals surface area contributed by atoms with Crippen molar-refractivity contribution in [3.05, 3.63) is 42.5 Å². The molecule has 0 N–H and O–H groups in total. The monoisotopic (exact) mass is 412 g/mol. The minimum absolute atomic E-state index is 0.0917. The normalized spacial score (nSPS) is 19.2. The molecule has 1 saturated carbocycles. The van der Waals surface area contributed by atoms with Crippen LogP contribution in [0, 0.1) is 5.92 Å². The highest BCUT2D eigenvalue weighted by molar-refractivity contribution is 7.91. The fraction of sp³-hybridized carbons (Fsp3) is 0.435. The van der Waals surface area contributed by atoms with E-state index in [1.807, 2.05) is 17.0 Å². The molecule has 4 rings (SSSR count). The van der Waals surface area contributed by atoms with Gasteiger partial charge in [0.15, 0.2) is 9.84 Å². The van der Waals surface area contributed by atoms with Crippen molar-refractivity contribution in [2.75, 3.05) is 28.6 Å². The minimum atomic E-state index is -3.21. The highest BCUT2D eigenvalue weighted by Gasteiger charge is 2.38. The topological polar surface area (TPSA) is 57.7 Å². The minimum Gasteiger partial charge on any atom is -0.366 e. The molecule has 2 aromatic carbocycles. The maximum Gasteiger partial charge on any atom is 0.230 e. The number of benzene rings is 2. The fourth-order valence-corrected chi connectivity index (χ4v) is 5.01. The lowest BCUT2D eigenvalue weighted by molar-refractivity contribution is -0.119. The Balaban J connectivity index is 1.74. The number of carbonyl (C=O) groups is 1. The second-order valence-corrected chi connectivity index (χ2v) is 10.3. The van der Waals surface area contributed by atoms with Crippen molar-refractivity contribution in [1.82, 2.24) is 0 Å². The van der Waals surface area contributed by atoms with E-state index >= 15 is 0 Å². The smallest absolute Gasteiger partial charge is 0.230 e. The summed E-state index contributed by atoms with van der Waals surface area (Å²) in [5.41, 5.74) is 3.99. The van der Waals surface area contributed by atoms with Crippen molar-refractivity contribution in [3.8, 4) is 11.1 Å². The first-order valence-electron chi connectivity index (χ1n) is 10.4. The van der Waals surface area contributed by atoms with Crippen LogP contribution in [0.3, 0.4) is 0 Å². The Hall–Kier alpha value is -2.34. The van der Waals surface area contributed by atoms with Crippen molar-refractivity contribution in [1.29, 1.82) is 0 Å². The van der Waals surface area contributed by atoms with E-state index in [-0.39, 0.29) is 23.6 Å². The quantitative estimate of drug-likeness (QED) is 0.741. The van der Waals surface area contributed by atoms with Crippen molar-refractivity contribution >= 4 is 27.1 Å². The molecule has 0 aromatic heterocycles. The molecule has 0 spiro atoms. The third kappa shape index (κ3) is 3.66. The van der Waals surface area contributed by atoms with Gasteiger partial charge in [-0.25, -0.2) is 8.42 Å². The van der Waals surface area contributed by atoms with Gasteiger partial charge in [0.2, 0.25) is 5.91 Å². The van der Waals surface area contributed by atoms with Gasteiger partial charge in [0.1, 0.15) is 0 Å². The Kier molecular flexibility index (Phi) is 5.15. The molecule has 1 unspecified atom stereocenters. The number of anilines is 2. The highest BCUT2D eigenvalue weighted by atomic mass is 32.2. The van der Waals surface area contributed by atoms with Gasteiger partial charge in [-0.05, 0) is 62.1 Å². The Bertz CT molecular complexity index is 1030. The van der Waals surface area contributed by atoms with Crippen LogP contribution in [0.15, 0.2) is 47.4 Å². The molecule has 2 aromatic rings. The number of sulfone groups is 1. The summed E-state index contributed by atoms with van der Waals surface area (Å²) in [6.07, 6.45) is 1.98. The van der Waals surface area contributed by atoms with E-state index in [0.717, 1.165) is 41.9 Å². The summed E-state index contributed by atoms with van der Waals surface area (Å²) in [7, 11) is -3.21. The average Bonchev–Trinajstić information content (AvgIpc) is 3.58. The summed E-state index contributed by atoms with van der Waals surface area (Å²) in [5, 5.41) is 0. The third-order valence-corrected chi connectivity index (χ3v) is 7.77. The SMILES string of the molecule is CCN1c2ccc(-c3ccc(S(=O)(=O)CC)cc3)cc2N(C(=O)C2CC2)CC1C. The first-order valence-corrected chi connectivity index (χ1v) is 12.1. The van der Waals surface area contributed by atoms with E-state index < -0.39 is 9.84 Å². The first kappa shape index (κ1) is 20.0. The number of hydrogen-bond acceptors (Lipinski definition) is 4. The van der Waals surface area contributed by atoms with Crippen molar-refractivity contribution in [2.24, 2.45) is 5.92 Å². The number of hydrogen-bond donors (Lipinski definition) is 0. The second kappa shape index (κ2) is 7.48. The van der Waals surface area contributed by atoms with Crippen LogP contribution >= 0.6 is 0 Å². The number of fused-ring (bicyclic) bond motifs is 1. The average molecular weight is 413 g/mol. The number of nitrogens with zero attached hydrogens (tertiary/aromatic N) is 2. The maximum atomic E-state index is 12.9. The van der Waals surface area contributed by atoms with Gasteiger partial charge in [0.05, 0.1) is 22.0 Å². The van der Waals surface area contributed by atoms with Crippen LogP contribution in [0.5, 0.6) is 0 Å². The van der Waals surface area contributed by atoms with Crippen LogP contribution < -0.4 is 9.80 Å². The van der Waals surface area contributed by atoms with Gasteiger partial charge >= 0.3 is 0 Å². The van der Waals surface area contributed by atoms with E-state index in [1.54, 1.807) is 19.1 Å². The third-order valence-electron chi connectivity index (χ3n) is 6.01. The molecule has 6 heteroatoms. The van der Waals surface area contributed by atoms with Gasteiger partial charge in [-0.3, -0.25) is 4.79 Å². The molecular weight excluding hydrogens is 384 g/mol.